The first-order valence-electron chi connectivity index (χ1n) is 5.00. The maximum atomic E-state index is 5.44. The summed E-state index contributed by atoms with van der Waals surface area (Å²) < 4.78 is 0. The highest BCUT2D eigenvalue weighted by Gasteiger charge is 2.29. The second-order valence-electron chi connectivity index (χ2n) is 3.71. The van der Waals surface area contributed by atoms with Crippen molar-refractivity contribution in [1.82, 2.24) is 10.3 Å². The Labute approximate surface area is 80.2 Å². The van der Waals surface area contributed by atoms with Crippen LogP contribution < -0.4 is 11.3 Å². The molecule has 0 heterocycles. The summed E-state index contributed by atoms with van der Waals surface area (Å²) in [5.74, 6) is 6.27. The van der Waals surface area contributed by atoms with Crippen molar-refractivity contribution in [3.05, 3.63) is 0 Å². The summed E-state index contributed by atoms with van der Waals surface area (Å²) in [7, 11) is 0. The van der Waals surface area contributed by atoms with E-state index in [4.69, 9.17) is 5.84 Å². The Morgan fingerprint density at radius 3 is 2.54 bits per heavy atom. The number of hydrogen-bond donors (Lipinski definition) is 2. The lowest BCUT2D eigenvalue weighted by atomic mass is 10.4. The summed E-state index contributed by atoms with van der Waals surface area (Å²) in [6.07, 6.45) is 2.54. The van der Waals surface area contributed by atoms with Gasteiger partial charge < -0.3 is 4.90 Å². The highest BCUT2D eigenvalue weighted by molar-refractivity contribution is 5.80. The Balaban J connectivity index is 2.61. The molecule has 0 aromatic heterocycles. The molecule has 0 aliphatic heterocycles. The predicted octanol–water partition coefficient (Wildman–Crippen LogP) is 0.698. The third-order valence-electron chi connectivity index (χ3n) is 2.11. The van der Waals surface area contributed by atoms with E-state index in [0.717, 1.165) is 12.5 Å². The number of rotatable bonds is 3. The van der Waals surface area contributed by atoms with Crippen LogP contribution in [0.1, 0.15) is 33.6 Å². The molecular weight excluding hydrogens is 164 g/mol. The smallest absolute Gasteiger partial charge is 0.208 e. The van der Waals surface area contributed by atoms with E-state index >= 15 is 0 Å². The van der Waals surface area contributed by atoms with Gasteiger partial charge in [0.05, 0.1) is 0 Å². The molecule has 0 unspecified atom stereocenters. The molecule has 0 spiro atoms. The molecule has 0 bridgehead atoms. The van der Waals surface area contributed by atoms with Crippen molar-refractivity contribution in [2.45, 2.75) is 45.7 Å². The van der Waals surface area contributed by atoms with E-state index in [2.05, 4.69) is 36.1 Å². The van der Waals surface area contributed by atoms with Gasteiger partial charge in [0.1, 0.15) is 0 Å². The van der Waals surface area contributed by atoms with Crippen molar-refractivity contribution in [1.29, 1.82) is 0 Å². The molecule has 0 radical (unpaired) electrons. The standard InChI is InChI=1S/C9H20N4/c1-4-13(8-5-6-8)9(12-10)11-7(2)3/h7-8H,4-6,10H2,1-3H3,(H,11,12). The molecule has 0 saturated heterocycles. The third kappa shape index (κ3) is 2.88. The fourth-order valence-corrected chi connectivity index (χ4v) is 1.41. The van der Waals surface area contributed by atoms with Crippen LogP contribution in [-0.4, -0.2) is 29.5 Å². The Morgan fingerprint density at radius 2 is 2.23 bits per heavy atom. The van der Waals surface area contributed by atoms with Crippen molar-refractivity contribution in [2.75, 3.05) is 6.54 Å². The van der Waals surface area contributed by atoms with Gasteiger partial charge >= 0.3 is 0 Å². The first kappa shape index (κ1) is 10.3. The number of nitrogens with one attached hydrogen (secondary N) is 1. The number of guanidine groups is 1. The molecule has 1 saturated carbocycles. The van der Waals surface area contributed by atoms with Gasteiger partial charge in [0.15, 0.2) is 0 Å². The van der Waals surface area contributed by atoms with Crippen LogP contribution in [0.4, 0.5) is 0 Å². The van der Waals surface area contributed by atoms with Crippen molar-refractivity contribution in [3.8, 4) is 0 Å². The Bertz CT molecular complexity index is 184. The normalized spacial score (nSPS) is 17.8. The first-order chi connectivity index (χ1) is 6.19. The fraction of sp³-hybridized carbons (Fsp3) is 0.889. The number of nitrogens with zero attached hydrogens (tertiary/aromatic N) is 2. The maximum Gasteiger partial charge on any atom is 0.208 e. The van der Waals surface area contributed by atoms with Gasteiger partial charge in [-0.1, -0.05) is 0 Å². The zero-order valence-corrected chi connectivity index (χ0v) is 8.75. The Kier molecular flexibility index (Phi) is 3.54. The largest absolute Gasteiger partial charge is 0.339 e. The van der Waals surface area contributed by atoms with Crippen LogP contribution in [0.3, 0.4) is 0 Å². The van der Waals surface area contributed by atoms with E-state index < -0.39 is 0 Å². The molecule has 4 heteroatoms. The summed E-state index contributed by atoms with van der Waals surface area (Å²) >= 11 is 0. The molecule has 1 rings (SSSR count). The van der Waals surface area contributed by atoms with Crippen LogP contribution in [0.15, 0.2) is 4.99 Å². The van der Waals surface area contributed by atoms with Gasteiger partial charge in [-0.15, -0.1) is 0 Å². The van der Waals surface area contributed by atoms with Gasteiger partial charge in [0.25, 0.3) is 0 Å². The number of nitrogens with two attached hydrogens (primary N) is 1. The lowest BCUT2D eigenvalue weighted by Crippen LogP contribution is -2.46. The van der Waals surface area contributed by atoms with Crippen molar-refractivity contribution < 1.29 is 0 Å². The number of aliphatic imine (C=N–C) groups is 1. The topological polar surface area (TPSA) is 53.6 Å². The van der Waals surface area contributed by atoms with Gasteiger partial charge in [0.2, 0.25) is 5.96 Å². The van der Waals surface area contributed by atoms with Gasteiger partial charge in [-0.05, 0) is 33.6 Å². The molecule has 76 valence electrons. The summed E-state index contributed by atoms with van der Waals surface area (Å²) in [5, 5.41) is 0. The fourth-order valence-electron chi connectivity index (χ4n) is 1.41. The molecule has 0 amide bonds. The summed E-state index contributed by atoms with van der Waals surface area (Å²) in [4.78, 5) is 6.67. The van der Waals surface area contributed by atoms with E-state index in [9.17, 15) is 0 Å². The minimum Gasteiger partial charge on any atom is -0.339 e. The second kappa shape index (κ2) is 4.46. The van der Waals surface area contributed by atoms with E-state index in [1.807, 2.05) is 0 Å². The van der Waals surface area contributed by atoms with Crippen molar-refractivity contribution in [2.24, 2.45) is 10.8 Å². The molecule has 0 aromatic carbocycles. The van der Waals surface area contributed by atoms with E-state index in [-0.39, 0.29) is 0 Å². The highest BCUT2D eigenvalue weighted by atomic mass is 15.4. The van der Waals surface area contributed by atoms with Crippen LogP contribution in [0, 0.1) is 0 Å². The molecule has 0 aromatic rings. The van der Waals surface area contributed by atoms with E-state index in [1.165, 1.54) is 12.8 Å². The van der Waals surface area contributed by atoms with Crippen LogP contribution in [0.25, 0.3) is 0 Å². The zero-order chi connectivity index (χ0) is 9.84. The van der Waals surface area contributed by atoms with Gasteiger partial charge in [-0.25, -0.2) is 10.8 Å². The average Bonchev–Trinajstić information content (AvgIpc) is 2.87. The van der Waals surface area contributed by atoms with Crippen molar-refractivity contribution >= 4 is 5.96 Å². The summed E-state index contributed by atoms with van der Waals surface area (Å²) in [5.41, 5.74) is 2.68. The average molecular weight is 184 g/mol. The van der Waals surface area contributed by atoms with Crippen molar-refractivity contribution in [3.63, 3.8) is 0 Å². The quantitative estimate of drug-likeness (QED) is 0.294. The third-order valence-corrected chi connectivity index (χ3v) is 2.11. The SMILES string of the molecule is CCN(C(=NC(C)C)NN)C1CC1. The molecule has 1 fully saturated rings. The van der Waals surface area contributed by atoms with E-state index in [0.29, 0.717) is 12.1 Å². The highest BCUT2D eigenvalue weighted by Crippen LogP contribution is 2.26. The minimum atomic E-state index is 0.291. The molecule has 4 nitrogen and oxygen atoms in total. The van der Waals surface area contributed by atoms with Gasteiger partial charge in [0, 0.05) is 18.6 Å². The summed E-state index contributed by atoms with van der Waals surface area (Å²) in [6.45, 7) is 7.21. The summed E-state index contributed by atoms with van der Waals surface area (Å²) in [6, 6.07) is 0.956. The predicted molar refractivity (Wildman–Crippen MR) is 55.3 cm³/mol. The van der Waals surface area contributed by atoms with Crippen LogP contribution >= 0.6 is 0 Å². The Morgan fingerprint density at radius 1 is 1.62 bits per heavy atom. The zero-order valence-electron chi connectivity index (χ0n) is 8.75. The molecular formula is C9H20N4. The van der Waals surface area contributed by atoms with Gasteiger partial charge in [-0.2, -0.15) is 0 Å². The maximum absolute atomic E-state index is 5.44. The number of hydrogen-bond acceptors (Lipinski definition) is 2. The second-order valence-corrected chi connectivity index (χ2v) is 3.71. The van der Waals surface area contributed by atoms with Crippen LogP contribution in [0.2, 0.25) is 0 Å². The first-order valence-corrected chi connectivity index (χ1v) is 5.00. The molecule has 3 N–H and O–H groups in total. The number of hydrazine groups is 1. The van der Waals surface area contributed by atoms with E-state index in [1.54, 1.807) is 0 Å². The van der Waals surface area contributed by atoms with Crippen LogP contribution in [0.5, 0.6) is 0 Å². The molecule has 0 atom stereocenters. The minimum absolute atomic E-state index is 0.291. The lowest BCUT2D eigenvalue weighted by molar-refractivity contribution is 0.411. The monoisotopic (exact) mass is 184 g/mol. The lowest BCUT2D eigenvalue weighted by Gasteiger charge is -2.24. The van der Waals surface area contributed by atoms with Crippen LogP contribution in [-0.2, 0) is 0 Å². The van der Waals surface area contributed by atoms with Gasteiger partial charge in [-0.3, -0.25) is 5.43 Å². The Hall–Kier alpha value is -0.770. The molecule has 1 aliphatic carbocycles. The molecule has 13 heavy (non-hydrogen) atoms. The molecule has 1 aliphatic rings.